The zero-order valence-electron chi connectivity index (χ0n) is 18.5. The molecule has 2 fully saturated rings. The van der Waals surface area contributed by atoms with Crippen molar-refractivity contribution in [1.82, 2.24) is 4.90 Å². The van der Waals surface area contributed by atoms with Gasteiger partial charge in [0.1, 0.15) is 0 Å². The Hall–Kier alpha value is -0.650. The smallest absolute Gasteiger partial charge is 0.222 e. The second kappa shape index (κ2) is 9.90. The minimum Gasteiger partial charge on any atom is -0.396 e. The Morgan fingerprint density at radius 3 is 2.18 bits per heavy atom. The minimum absolute atomic E-state index is 0.0513. The van der Waals surface area contributed by atoms with Gasteiger partial charge in [-0.2, -0.15) is 0 Å². The summed E-state index contributed by atoms with van der Waals surface area (Å²) in [6, 6.07) is 0. The molecule has 164 valence electrons. The van der Waals surface area contributed by atoms with Crippen LogP contribution in [0.2, 0.25) is 0 Å². The molecule has 0 aromatic carbocycles. The molecule has 0 spiro atoms. The molecule has 0 aromatic heterocycles. The molecule has 0 heterocycles. The van der Waals surface area contributed by atoms with Crippen molar-refractivity contribution in [3.63, 3.8) is 0 Å². The Morgan fingerprint density at radius 2 is 1.64 bits per heavy atom. The molecule has 0 unspecified atom stereocenters. The number of aliphatic hydroxyl groups is 3. The summed E-state index contributed by atoms with van der Waals surface area (Å²) in [5, 5.41) is 31.6. The molecular formula is C23H43NO4. The van der Waals surface area contributed by atoms with Crippen molar-refractivity contribution < 1.29 is 20.1 Å². The maximum Gasteiger partial charge on any atom is 0.222 e. The summed E-state index contributed by atoms with van der Waals surface area (Å²) in [5.41, 5.74) is -0.788. The van der Waals surface area contributed by atoms with Crippen molar-refractivity contribution in [2.45, 2.75) is 97.7 Å². The van der Waals surface area contributed by atoms with Crippen LogP contribution in [-0.2, 0) is 4.79 Å². The van der Waals surface area contributed by atoms with E-state index in [9.17, 15) is 20.1 Å². The van der Waals surface area contributed by atoms with Crippen LogP contribution >= 0.6 is 0 Å². The molecule has 28 heavy (non-hydrogen) atoms. The first kappa shape index (κ1) is 23.6. The third kappa shape index (κ3) is 4.57. The van der Waals surface area contributed by atoms with Crippen molar-refractivity contribution in [3.8, 4) is 0 Å². The number of nitrogens with zero attached hydrogens (tertiary/aromatic N) is 1. The second-order valence-corrected chi connectivity index (χ2v) is 9.82. The number of carbonyl (C=O) groups is 1. The van der Waals surface area contributed by atoms with E-state index in [1.54, 1.807) is 0 Å². The molecule has 0 bridgehead atoms. The summed E-state index contributed by atoms with van der Waals surface area (Å²) in [6.45, 7) is 9.98. The molecule has 5 heteroatoms. The monoisotopic (exact) mass is 397 g/mol. The lowest BCUT2D eigenvalue weighted by Gasteiger charge is -2.60. The van der Waals surface area contributed by atoms with E-state index in [1.165, 1.54) is 0 Å². The number of unbranched alkanes of at least 4 members (excludes halogenated alkanes) is 2. The Balaban J connectivity index is 2.21. The molecular weight excluding hydrogens is 354 g/mol. The zero-order valence-corrected chi connectivity index (χ0v) is 18.5. The van der Waals surface area contributed by atoms with Gasteiger partial charge in [-0.3, -0.25) is 4.79 Å². The highest BCUT2D eigenvalue weighted by atomic mass is 16.3. The number of fused-ring (bicyclic) bond motifs is 1. The van der Waals surface area contributed by atoms with Crippen molar-refractivity contribution in [2.75, 3.05) is 19.7 Å². The summed E-state index contributed by atoms with van der Waals surface area (Å²) < 4.78 is 0. The number of carbonyl (C=O) groups excluding carboxylic acids is 1. The normalized spacial score (nSPS) is 38.1. The molecule has 2 aliphatic rings. The molecule has 3 N–H and O–H groups in total. The lowest BCUT2D eigenvalue weighted by Crippen LogP contribution is -2.60. The SMILES string of the molecule is CCCCN(CCCC)C(=O)C[C@@H]1[C@H](O)CC[C@@H]2[C@](C)(CO)[C@H](O)CC[C@]21C. The van der Waals surface area contributed by atoms with Crippen molar-refractivity contribution in [3.05, 3.63) is 0 Å². The van der Waals surface area contributed by atoms with Gasteiger partial charge in [-0.15, -0.1) is 0 Å². The van der Waals surface area contributed by atoms with E-state index < -0.39 is 17.6 Å². The summed E-state index contributed by atoms with van der Waals surface area (Å²) in [7, 11) is 0. The Kier molecular flexibility index (Phi) is 8.36. The van der Waals surface area contributed by atoms with E-state index in [-0.39, 0.29) is 29.8 Å². The molecule has 0 saturated heterocycles. The van der Waals surface area contributed by atoms with Crippen molar-refractivity contribution in [1.29, 1.82) is 0 Å². The maximum absolute atomic E-state index is 13.2. The number of aliphatic hydroxyl groups excluding tert-OH is 3. The summed E-state index contributed by atoms with van der Waals surface area (Å²) in [4.78, 5) is 15.2. The fourth-order valence-electron chi connectivity index (χ4n) is 5.98. The van der Waals surface area contributed by atoms with E-state index in [4.69, 9.17) is 0 Å². The minimum atomic E-state index is -0.557. The lowest BCUT2D eigenvalue weighted by molar-refractivity contribution is -0.187. The average molecular weight is 398 g/mol. The Bertz CT molecular complexity index is 505. The van der Waals surface area contributed by atoms with E-state index in [0.29, 0.717) is 19.3 Å². The molecule has 1 amide bonds. The Labute approximate surface area is 171 Å². The zero-order chi connectivity index (χ0) is 20.9. The molecule has 2 rings (SSSR count). The maximum atomic E-state index is 13.2. The van der Waals surface area contributed by atoms with Gasteiger partial charge in [0.2, 0.25) is 5.91 Å². The van der Waals surface area contributed by atoms with Crippen LogP contribution in [0, 0.1) is 22.7 Å². The highest BCUT2D eigenvalue weighted by molar-refractivity contribution is 5.76. The van der Waals surface area contributed by atoms with Gasteiger partial charge in [-0.05, 0) is 55.8 Å². The number of hydrogen-bond acceptors (Lipinski definition) is 4. The average Bonchev–Trinajstić information content (AvgIpc) is 2.68. The molecule has 0 radical (unpaired) electrons. The van der Waals surface area contributed by atoms with Crippen LogP contribution in [0.15, 0.2) is 0 Å². The van der Waals surface area contributed by atoms with Gasteiger partial charge in [-0.25, -0.2) is 0 Å². The van der Waals surface area contributed by atoms with E-state index in [1.807, 2.05) is 11.8 Å². The van der Waals surface area contributed by atoms with E-state index in [2.05, 4.69) is 20.8 Å². The predicted molar refractivity (Wildman–Crippen MR) is 112 cm³/mol. The summed E-state index contributed by atoms with van der Waals surface area (Å²) in [6.07, 6.45) is 6.38. The van der Waals surface area contributed by atoms with Crippen LogP contribution in [0.3, 0.4) is 0 Å². The summed E-state index contributed by atoms with van der Waals surface area (Å²) in [5.74, 6) is 0.169. The highest BCUT2D eigenvalue weighted by Crippen LogP contribution is 2.60. The second-order valence-electron chi connectivity index (χ2n) is 9.82. The van der Waals surface area contributed by atoms with Crippen LogP contribution in [-0.4, -0.2) is 58.0 Å². The fourth-order valence-corrected chi connectivity index (χ4v) is 5.98. The summed E-state index contributed by atoms with van der Waals surface area (Å²) >= 11 is 0. The van der Waals surface area contributed by atoms with Crippen LogP contribution in [0.4, 0.5) is 0 Å². The molecule has 6 atom stereocenters. The lowest BCUT2D eigenvalue weighted by atomic mass is 9.46. The van der Waals surface area contributed by atoms with Gasteiger partial charge >= 0.3 is 0 Å². The van der Waals surface area contributed by atoms with Crippen molar-refractivity contribution >= 4 is 5.91 Å². The molecule has 0 aromatic rings. The van der Waals surface area contributed by atoms with Crippen LogP contribution < -0.4 is 0 Å². The third-order valence-electron chi connectivity index (χ3n) is 8.02. The van der Waals surface area contributed by atoms with E-state index in [0.717, 1.165) is 51.6 Å². The first-order chi connectivity index (χ1) is 13.2. The van der Waals surface area contributed by atoms with E-state index >= 15 is 0 Å². The predicted octanol–water partition coefficient (Wildman–Crippen LogP) is 3.35. The largest absolute Gasteiger partial charge is 0.396 e. The first-order valence-electron chi connectivity index (χ1n) is 11.5. The Morgan fingerprint density at radius 1 is 1.04 bits per heavy atom. The molecule has 2 aliphatic carbocycles. The fraction of sp³-hybridized carbons (Fsp3) is 0.957. The van der Waals surface area contributed by atoms with Gasteiger partial charge in [-0.1, -0.05) is 40.5 Å². The van der Waals surface area contributed by atoms with Gasteiger partial charge in [0.05, 0.1) is 18.8 Å². The van der Waals surface area contributed by atoms with Crippen LogP contribution in [0.1, 0.15) is 85.5 Å². The van der Waals surface area contributed by atoms with Crippen LogP contribution in [0.5, 0.6) is 0 Å². The number of amides is 1. The number of hydrogen-bond donors (Lipinski definition) is 3. The third-order valence-corrected chi connectivity index (χ3v) is 8.02. The van der Waals surface area contributed by atoms with Gasteiger partial charge in [0, 0.05) is 24.9 Å². The van der Waals surface area contributed by atoms with Gasteiger partial charge < -0.3 is 20.2 Å². The van der Waals surface area contributed by atoms with Crippen molar-refractivity contribution in [2.24, 2.45) is 22.7 Å². The quantitative estimate of drug-likeness (QED) is 0.557. The molecule has 5 nitrogen and oxygen atoms in total. The van der Waals surface area contributed by atoms with Gasteiger partial charge in [0.15, 0.2) is 0 Å². The van der Waals surface area contributed by atoms with Crippen LogP contribution in [0.25, 0.3) is 0 Å². The molecule has 0 aliphatic heterocycles. The topological polar surface area (TPSA) is 81.0 Å². The molecule has 2 saturated carbocycles. The highest BCUT2D eigenvalue weighted by Gasteiger charge is 2.59. The van der Waals surface area contributed by atoms with Gasteiger partial charge in [0.25, 0.3) is 0 Å². The standard InChI is InChI=1S/C23H43NO4/c1-5-7-13-24(14-8-6-2)21(28)15-17-18(26)9-10-19-22(17,3)12-11-20(27)23(19,4)16-25/h17-20,25-27H,5-16H2,1-4H3/t17-,18-,19+,20-,22+,23+/m1/s1. The first-order valence-corrected chi connectivity index (χ1v) is 11.5. The number of rotatable bonds is 9.